The zero-order valence-electron chi connectivity index (χ0n) is 10.4. The SMILES string of the molecule is Cc1cc(Cl)cc(S(=O)(=O)c2cc(C)cc(Cl)c2)c1. The average Bonchev–Trinajstić information content (AvgIpc) is 2.26. The molecule has 2 nitrogen and oxygen atoms in total. The summed E-state index contributed by atoms with van der Waals surface area (Å²) in [5.41, 5.74) is 1.59. The van der Waals surface area contributed by atoms with Crippen LogP contribution < -0.4 is 0 Å². The Morgan fingerprint density at radius 1 is 0.737 bits per heavy atom. The molecule has 0 atom stereocenters. The summed E-state index contributed by atoms with van der Waals surface area (Å²) in [6.45, 7) is 3.60. The Balaban J connectivity index is 2.65. The molecule has 0 aromatic heterocycles. The van der Waals surface area contributed by atoms with Gasteiger partial charge < -0.3 is 0 Å². The van der Waals surface area contributed by atoms with Crippen LogP contribution in [0, 0.1) is 13.8 Å². The Bertz CT molecular complexity index is 639. The molecule has 0 spiro atoms. The third-order valence-electron chi connectivity index (χ3n) is 2.65. The van der Waals surface area contributed by atoms with E-state index in [1.807, 2.05) is 0 Å². The fourth-order valence-electron chi connectivity index (χ4n) is 1.85. The van der Waals surface area contributed by atoms with Gasteiger partial charge in [-0.2, -0.15) is 0 Å². The van der Waals surface area contributed by atoms with Crippen molar-refractivity contribution < 1.29 is 8.42 Å². The Hall–Kier alpha value is -1.03. The van der Waals surface area contributed by atoms with Gasteiger partial charge in [-0.15, -0.1) is 0 Å². The summed E-state index contributed by atoms with van der Waals surface area (Å²) in [5.74, 6) is 0. The Morgan fingerprint density at radius 3 is 1.42 bits per heavy atom. The van der Waals surface area contributed by atoms with Gasteiger partial charge in [-0.1, -0.05) is 23.2 Å². The number of rotatable bonds is 2. The van der Waals surface area contributed by atoms with E-state index in [4.69, 9.17) is 23.2 Å². The predicted molar refractivity (Wildman–Crippen MR) is 77.8 cm³/mol. The molecule has 0 unspecified atom stereocenters. The van der Waals surface area contributed by atoms with Crippen LogP contribution in [0.4, 0.5) is 0 Å². The molecular formula is C14H12Cl2O2S. The molecule has 0 aliphatic rings. The number of halogens is 2. The molecule has 2 aromatic carbocycles. The molecule has 0 fully saturated rings. The third-order valence-corrected chi connectivity index (χ3v) is 4.80. The molecule has 19 heavy (non-hydrogen) atoms. The monoisotopic (exact) mass is 314 g/mol. The van der Waals surface area contributed by atoms with Crippen molar-refractivity contribution in [1.29, 1.82) is 0 Å². The van der Waals surface area contributed by atoms with Gasteiger partial charge in [0.15, 0.2) is 0 Å². The molecular weight excluding hydrogens is 303 g/mol. The second kappa shape index (κ2) is 5.16. The van der Waals surface area contributed by atoms with Gasteiger partial charge in [-0.3, -0.25) is 0 Å². The third kappa shape index (κ3) is 3.11. The minimum atomic E-state index is -3.60. The zero-order valence-corrected chi connectivity index (χ0v) is 12.8. The quantitative estimate of drug-likeness (QED) is 0.821. The molecule has 0 heterocycles. The lowest BCUT2D eigenvalue weighted by Crippen LogP contribution is -2.03. The van der Waals surface area contributed by atoms with Gasteiger partial charge in [-0.05, 0) is 61.4 Å². The van der Waals surface area contributed by atoms with Gasteiger partial charge in [0, 0.05) is 10.0 Å². The number of benzene rings is 2. The maximum Gasteiger partial charge on any atom is 0.206 e. The van der Waals surface area contributed by atoms with E-state index in [1.54, 1.807) is 38.1 Å². The standard InChI is InChI=1S/C14H12Cl2O2S/c1-9-3-11(15)7-13(5-9)19(17,18)14-6-10(2)4-12(16)8-14/h3-8H,1-2H3. The highest BCUT2D eigenvalue weighted by Gasteiger charge is 2.19. The first-order valence-electron chi connectivity index (χ1n) is 5.58. The van der Waals surface area contributed by atoms with E-state index >= 15 is 0 Å². The van der Waals surface area contributed by atoms with E-state index in [2.05, 4.69) is 0 Å². The molecule has 0 saturated heterocycles. The highest BCUT2D eigenvalue weighted by atomic mass is 35.5. The lowest BCUT2D eigenvalue weighted by Gasteiger charge is -2.08. The average molecular weight is 315 g/mol. The maximum atomic E-state index is 12.5. The van der Waals surface area contributed by atoms with E-state index in [9.17, 15) is 8.42 Å². The summed E-state index contributed by atoms with van der Waals surface area (Å²) >= 11 is 11.8. The highest BCUT2D eigenvalue weighted by Crippen LogP contribution is 2.27. The second-order valence-electron chi connectivity index (χ2n) is 4.43. The molecule has 0 saturated carbocycles. The Kier molecular flexibility index (Phi) is 3.90. The smallest absolute Gasteiger partial charge is 0.206 e. The molecule has 0 bridgehead atoms. The summed E-state index contributed by atoms with van der Waals surface area (Å²) in [7, 11) is -3.60. The van der Waals surface area contributed by atoms with E-state index in [1.165, 1.54) is 12.1 Å². The maximum absolute atomic E-state index is 12.5. The molecule has 0 N–H and O–H groups in total. The van der Waals surface area contributed by atoms with Crippen LogP contribution in [0.15, 0.2) is 46.2 Å². The molecule has 0 aliphatic heterocycles. The van der Waals surface area contributed by atoms with Crippen LogP contribution in [0.5, 0.6) is 0 Å². The van der Waals surface area contributed by atoms with Crippen LogP contribution in [-0.2, 0) is 9.84 Å². The number of sulfone groups is 1. The molecule has 0 amide bonds. The van der Waals surface area contributed by atoms with E-state index in [0.717, 1.165) is 11.1 Å². The van der Waals surface area contributed by atoms with E-state index in [-0.39, 0.29) is 9.79 Å². The van der Waals surface area contributed by atoms with Gasteiger partial charge in [0.05, 0.1) is 9.79 Å². The lowest BCUT2D eigenvalue weighted by atomic mass is 10.2. The van der Waals surface area contributed by atoms with E-state index in [0.29, 0.717) is 10.0 Å². The molecule has 100 valence electrons. The van der Waals surface area contributed by atoms with Crippen molar-refractivity contribution in [2.24, 2.45) is 0 Å². The van der Waals surface area contributed by atoms with Crippen LogP contribution >= 0.6 is 23.2 Å². The van der Waals surface area contributed by atoms with Gasteiger partial charge in [-0.25, -0.2) is 8.42 Å². The number of hydrogen-bond acceptors (Lipinski definition) is 2. The number of hydrogen-bond donors (Lipinski definition) is 0. The van der Waals surface area contributed by atoms with Crippen molar-refractivity contribution in [3.05, 3.63) is 57.6 Å². The van der Waals surface area contributed by atoms with Crippen LogP contribution in [0.1, 0.15) is 11.1 Å². The molecule has 2 aromatic rings. The van der Waals surface area contributed by atoms with Crippen molar-refractivity contribution >= 4 is 33.0 Å². The minimum absolute atomic E-state index is 0.180. The first-order chi connectivity index (χ1) is 8.79. The van der Waals surface area contributed by atoms with Gasteiger partial charge in [0.25, 0.3) is 0 Å². The lowest BCUT2D eigenvalue weighted by molar-refractivity contribution is 0.596. The fourth-order valence-corrected chi connectivity index (χ4v) is 4.08. The summed E-state index contributed by atoms with van der Waals surface area (Å²) in [4.78, 5) is 0.360. The summed E-state index contributed by atoms with van der Waals surface area (Å²) in [5, 5.41) is 0.801. The van der Waals surface area contributed by atoms with Gasteiger partial charge >= 0.3 is 0 Å². The van der Waals surface area contributed by atoms with Crippen LogP contribution in [0.3, 0.4) is 0 Å². The minimum Gasteiger partial charge on any atom is -0.219 e. The Labute approximate surface area is 122 Å². The van der Waals surface area contributed by atoms with Crippen LogP contribution in [-0.4, -0.2) is 8.42 Å². The highest BCUT2D eigenvalue weighted by molar-refractivity contribution is 7.91. The molecule has 0 aliphatic carbocycles. The van der Waals surface area contributed by atoms with Crippen molar-refractivity contribution in [3.8, 4) is 0 Å². The number of aryl methyl sites for hydroxylation is 2. The van der Waals surface area contributed by atoms with Gasteiger partial charge in [0.1, 0.15) is 0 Å². The fraction of sp³-hybridized carbons (Fsp3) is 0.143. The van der Waals surface area contributed by atoms with Crippen molar-refractivity contribution in [2.75, 3.05) is 0 Å². The predicted octanol–water partition coefficient (Wildman–Crippen LogP) is 4.44. The Morgan fingerprint density at radius 2 is 1.11 bits per heavy atom. The van der Waals surface area contributed by atoms with Crippen molar-refractivity contribution in [3.63, 3.8) is 0 Å². The molecule has 2 rings (SSSR count). The topological polar surface area (TPSA) is 34.1 Å². The van der Waals surface area contributed by atoms with Crippen LogP contribution in [0.2, 0.25) is 10.0 Å². The van der Waals surface area contributed by atoms with Crippen LogP contribution in [0.25, 0.3) is 0 Å². The summed E-state index contributed by atoms with van der Waals surface area (Å²) in [6.07, 6.45) is 0. The van der Waals surface area contributed by atoms with Gasteiger partial charge in [0.2, 0.25) is 9.84 Å². The normalized spacial score (nSPS) is 11.6. The van der Waals surface area contributed by atoms with Crippen molar-refractivity contribution in [1.82, 2.24) is 0 Å². The van der Waals surface area contributed by atoms with Crippen molar-refractivity contribution in [2.45, 2.75) is 23.6 Å². The molecule has 0 radical (unpaired) electrons. The second-order valence-corrected chi connectivity index (χ2v) is 7.25. The molecule has 5 heteroatoms. The zero-order chi connectivity index (χ0) is 14.2. The first-order valence-corrected chi connectivity index (χ1v) is 7.82. The van der Waals surface area contributed by atoms with E-state index < -0.39 is 9.84 Å². The summed E-state index contributed by atoms with van der Waals surface area (Å²) in [6, 6.07) is 9.50. The first kappa shape index (κ1) is 14.4. The largest absolute Gasteiger partial charge is 0.219 e. The summed E-state index contributed by atoms with van der Waals surface area (Å²) < 4.78 is 25.1.